The van der Waals surface area contributed by atoms with Crippen LogP contribution in [0.3, 0.4) is 0 Å². The molecule has 0 aromatic heterocycles. The lowest BCUT2D eigenvalue weighted by Crippen LogP contribution is -2.39. The van der Waals surface area contributed by atoms with Gasteiger partial charge in [0.25, 0.3) is 0 Å². The normalized spacial score (nSPS) is 12.9. The highest BCUT2D eigenvalue weighted by Gasteiger charge is 2.34. The van der Waals surface area contributed by atoms with Crippen molar-refractivity contribution in [3.63, 3.8) is 0 Å². The predicted molar refractivity (Wildman–Crippen MR) is 100 cm³/mol. The van der Waals surface area contributed by atoms with Gasteiger partial charge in [-0.25, -0.2) is 0 Å². The number of likely N-dealkylation sites (N-methyl/N-ethyl adjacent to an activating group) is 1. The second kappa shape index (κ2) is 8.41. The SMILES string of the molecule is CC(C(=O)Nc1ccc(Cl)cc1C(F)(F)F)N(C)Cc1ccc(Br)cc1. The van der Waals surface area contributed by atoms with Crippen LogP contribution < -0.4 is 5.32 Å². The van der Waals surface area contributed by atoms with Crippen LogP contribution in [0.1, 0.15) is 18.1 Å². The number of alkyl halides is 3. The molecule has 1 amide bonds. The molecule has 0 saturated carbocycles. The van der Waals surface area contributed by atoms with Gasteiger partial charge in [0.1, 0.15) is 0 Å². The average Bonchev–Trinajstić information content (AvgIpc) is 2.56. The summed E-state index contributed by atoms with van der Waals surface area (Å²) in [7, 11) is 1.73. The summed E-state index contributed by atoms with van der Waals surface area (Å²) in [6.07, 6.45) is -4.61. The molecule has 1 N–H and O–H groups in total. The number of halogens is 5. The van der Waals surface area contributed by atoms with Crippen molar-refractivity contribution < 1.29 is 18.0 Å². The molecule has 0 spiro atoms. The van der Waals surface area contributed by atoms with Crippen molar-refractivity contribution in [2.45, 2.75) is 25.7 Å². The maximum atomic E-state index is 13.1. The number of rotatable bonds is 5. The molecule has 3 nitrogen and oxygen atoms in total. The summed E-state index contributed by atoms with van der Waals surface area (Å²) in [4.78, 5) is 14.2. The molecule has 0 radical (unpaired) electrons. The maximum Gasteiger partial charge on any atom is 0.418 e. The number of anilines is 1. The van der Waals surface area contributed by atoms with Gasteiger partial charge < -0.3 is 5.32 Å². The zero-order valence-corrected chi connectivity index (χ0v) is 16.4. The highest BCUT2D eigenvalue weighted by atomic mass is 79.9. The molecular weight excluding hydrogens is 433 g/mol. The van der Waals surface area contributed by atoms with Crippen molar-refractivity contribution in [2.75, 3.05) is 12.4 Å². The van der Waals surface area contributed by atoms with Crippen LogP contribution >= 0.6 is 27.5 Å². The lowest BCUT2D eigenvalue weighted by molar-refractivity contribution is -0.137. The Hall–Kier alpha value is -1.57. The molecule has 0 heterocycles. The van der Waals surface area contributed by atoms with Gasteiger partial charge in [0, 0.05) is 16.0 Å². The number of carbonyl (C=O) groups excluding carboxylic acids is 1. The van der Waals surface area contributed by atoms with Gasteiger partial charge in [-0.1, -0.05) is 39.7 Å². The molecular formula is C18H17BrClF3N2O. The second-order valence-electron chi connectivity index (χ2n) is 5.89. The monoisotopic (exact) mass is 448 g/mol. The van der Waals surface area contributed by atoms with E-state index in [9.17, 15) is 18.0 Å². The number of nitrogens with zero attached hydrogens (tertiary/aromatic N) is 1. The van der Waals surface area contributed by atoms with Gasteiger partial charge >= 0.3 is 6.18 Å². The van der Waals surface area contributed by atoms with Crippen LogP contribution in [0.25, 0.3) is 0 Å². The minimum absolute atomic E-state index is 0.0456. The Labute approximate surface area is 163 Å². The van der Waals surface area contributed by atoms with E-state index in [2.05, 4.69) is 21.2 Å². The Balaban J connectivity index is 2.10. The summed E-state index contributed by atoms with van der Waals surface area (Å²) in [5.74, 6) is -0.530. The summed E-state index contributed by atoms with van der Waals surface area (Å²) in [5, 5.41) is 2.31. The van der Waals surface area contributed by atoms with Gasteiger partial charge in [0.2, 0.25) is 5.91 Å². The van der Waals surface area contributed by atoms with E-state index >= 15 is 0 Å². The molecule has 0 saturated heterocycles. The molecule has 0 aliphatic rings. The van der Waals surface area contributed by atoms with Gasteiger partial charge in [-0.3, -0.25) is 9.69 Å². The Bertz CT molecular complexity index is 781. The molecule has 2 aromatic carbocycles. The minimum atomic E-state index is -4.61. The van der Waals surface area contributed by atoms with Crippen LogP contribution in [0, 0.1) is 0 Å². The Morgan fingerprint density at radius 2 is 1.85 bits per heavy atom. The van der Waals surface area contributed by atoms with Crippen molar-refractivity contribution in [3.8, 4) is 0 Å². The molecule has 0 aliphatic carbocycles. The summed E-state index contributed by atoms with van der Waals surface area (Å²) < 4.78 is 40.3. The fourth-order valence-electron chi connectivity index (χ4n) is 2.31. The van der Waals surface area contributed by atoms with Gasteiger partial charge in [0.05, 0.1) is 17.3 Å². The van der Waals surface area contributed by atoms with E-state index < -0.39 is 23.7 Å². The topological polar surface area (TPSA) is 32.3 Å². The molecule has 8 heteroatoms. The second-order valence-corrected chi connectivity index (χ2v) is 7.25. The van der Waals surface area contributed by atoms with Gasteiger partial charge in [0.15, 0.2) is 0 Å². The summed E-state index contributed by atoms with van der Waals surface area (Å²) in [5.41, 5.74) is -0.297. The average molecular weight is 450 g/mol. The Morgan fingerprint density at radius 3 is 2.42 bits per heavy atom. The van der Waals surface area contributed by atoms with E-state index in [1.807, 2.05) is 24.3 Å². The first kappa shape index (κ1) is 20.7. The van der Waals surface area contributed by atoms with Gasteiger partial charge in [-0.15, -0.1) is 0 Å². The van der Waals surface area contributed by atoms with E-state index in [0.717, 1.165) is 22.2 Å². The largest absolute Gasteiger partial charge is 0.418 e. The number of benzene rings is 2. The standard InChI is InChI=1S/C18H17BrClF3N2O/c1-11(25(2)10-12-3-5-13(19)6-4-12)17(26)24-16-8-7-14(20)9-15(16)18(21,22)23/h3-9,11H,10H2,1-2H3,(H,24,26). The van der Waals surface area contributed by atoms with E-state index in [1.165, 1.54) is 6.07 Å². The first-order valence-electron chi connectivity index (χ1n) is 7.70. The van der Waals surface area contributed by atoms with Crippen LogP contribution in [-0.4, -0.2) is 23.9 Å². The van der Waals surface area contributed by atoms with Gasteiger partial charge in [-0.05, 0) is 49.9 Å². The van der Waals surface area contributed by atoms with Crippen LogP contribution in [0.15, 0.2) is 46.9 Å². The number of hydrogen-bond acceptors (Lipinski definition) is 2. The summed E-state index contributed by atoms with van der Waals surface area (Å²) >= 11 is 9.00. The van der Waals surface area contributed by atoms with E-state index in [1.54, 1.807) is 18.9 Å². The summed E-state index contributed by atoms with van der Waals surface area (Å²) in [6.45, 7) is 2.12. The predicted octanol–water partition coefficient (Wildman–Crippen LogP) is 5.58. The van der Waals surface area contributed by atoms with Crippen LogP contribution in [0.5, 0.6) is 0 Å². The lowest BCUT2D eigenvalue weighted by Gasteiger charge is -2.24. The van der Waals surface area contributed by atoms with Crippen molar-refractivity contribution in [1.29, 1.82) is 0 Å². The highest BCUT2D eigenvalue weighted by molar-refractivity contribution is 9.10. The van der Waals surface area contributed by atoms with Crippen molar-refractivity contribution in [1.82, 2.24) is 4.90 Å². The third-order valence-corrected chi connectivity index (χ3v) is 4.69. The fraction of sp³-hybridized carbons (Fsp3) is 0.278. The lowest BCUT2D eigenvalue weighted by atomic mass is 10.1. The summed E-state index contributed by atoms with van der Waals surface area (Å²) in [6, 6.07) is 10.2. The number of nitrogens with one attached hydrogen (secondary N) is 1. The number of carbonyl (C=O) groups is 1. The Kier molecular flexibility index (Phi) is 6.71. The molecule has 26 heavy (non-hydrogen) atoms. The molecule has 1 atom stereocenters. The molecule has 0 fully saturated rings. The molecule has 140 valence electrons. The van der Waals surface area contributed by atoms with Crippen molar-refractivity contribution in [2.24, 2.45) is 0 Å². The smallest absolute Gasteiger partial charge is 0.324 e. The zero-order valence-electron chi connectivity index (χ0n) is 14.1. The fourth-order valence-corrected chi connectivity index (χ4v) is 2.75. The van der Waals surface area contributed by atoms with Crippen LogP contribution in [0.2, 0.25) is 5.02 Å². The quantitative estimate of drug-likeness (QED) is 0.646. The van der Waals surface area contributed by atoms with Gasteiger partial charge in [-0.2, -0.15) is 13.2 Å². The zero-order chi connectivity index (χ0) is 19.5. The number of amides is 1. The molecule has 0 aliphatic heterocycles. The van der Waals surface area contributed by atoms with Crippen molar-refractivity contribution in [3.05, 3.63) is 63.1 Å². The third kappa shape index (κ3) is 5.46. The molecule has 1 unspecified atom stereocenters. The van der Waals surface area contributed by atoms with E-state index in [0.29, 0.717) is 6.54 Å². The van der Waals surface area contributed by atoms with Crippen LogP contribution in [0.4, 0.5) is 18.9 Å². The molecule has 2 aromatic rings. The van der Waals surface area contributed by atoms with E-state index in [4.69, 9.17) is 11.6 Å². The third-order valence-electron chi connectivity index (χ3n) is 3.93. The first-order valence-corrected chi connectivity index (χ1v) is 8.87. The molecule has 0 bridgehead atoms. The molecule has 2 rings (SSSR count). The Morgan fingerprint density at radius 1 is 1.23 bits per heavy atom. The highest BCUT2D eigenvalue weighted by Crippen LogP contribution is 2.36. The maximum absolute atomic E-state index is 13.1. The van der Waals surface area contributed by atoms with Crippen molar-refractivity contribution >= 4 is 39.1 Å². The van der Waals surface area contributed by atoms with E-state index in [-0.39, 0.29) is 10.7 Å². The number of hydrogen-bond donors (Lipinski definition) is 1. The minimum Gasteiger partial charge on any atom is -0.324 e. The first-order chi connectivity index (χ1) is 12.1. The van der Waals surface area contributed by atoms with Crippen LogP contribution in [-0.2, 0) is 17.5 Å².